The molecule has 0 aliphatic carbocycles. The topological polar surface area (TPSA) is 21.3 Å². The van der Waals surface area contributed by atoms with Crippen LogP contribution in [0.4, 0.5) is 5.69 Å². The van der Waals surface area contributed by atoms with Gasteiger partial charge in [-0.2, -0.15) is 0 Å². The highest BCUT2D eigenvalue weighted by Gasteiger charge is 2.05. The lowest BCUT2D eigenvalue weighted by atomic mass is 10.3. The van der Waals surface area contributed by atoms with E-state index in [2.05, 4.69) is 37.2 Å². The zero-order valence-corrected chi connectivity index (χ0v) is 14.2. The van der Waals surface area contributed by atoms with Gasteiger partial charge in [-0.05, 0) is 50.1 Å². The lowest BCUT2D eigenvalue weighted by Crippen LogP contribution is -1.97. The van der Waals surface area contributed by atoms with E-state index in [9.17, 15) is 0 Å². The van der Waals surface area contributed by atoms with Crippen LogP contribution in [0.3, 0.4) is 0 Å². The summed E-state index contributed by atoms with van der Waals surface area (Å²) in [5, 5.41) is 3.33. The predicted octanol–water partition coefficient (Wildman–Crippen LogP) is 5.55. The molecule has 2 rings (SSSR count). The second-order valence-electron chi connectivity index (χ2n) is 3.54. The van der Waals surface area contributed by atoms with Crippen LogP contribution in [-0.2, 0) is 6.54 Å². The predicted molar refractivity (Wildman–Crippen MR) is 85.0 cm³/mol. The lowest BCUT2D eigenvalue weighted by molar-refractivity contribution is 0.412. The fraction of sp³-hybridized carbons (Fsp3) is 0.167. The SMILES string of the molecule is COc1cc(NCc2cc(Br)c(Cl)s2)ccc1Br. The van der Waals surface area contributed by atoms with Crippen molar-refractivity contribution in [3.63, 3.8) is 0 Å². The average Bonchev–Trinajstić information content (AvgIpc) is 2.68. The number of methoxy groups -OCH3 is 1. The summed E-state index contributed by atoms with van der Waals surface area (Å²) < 4.78 is 7.91. The Labute approximate surface area is 132 Å². The first kappa shape index (κ1) is 14.2. The number of halogens is 3. The fourth-order valence-corrected chi connectivity index (χ4v) is 3.58. The van der Waals surface area contributed by atoms with Crippen LogP contribution < -0.4 is 10.1 Å². The summed E-state index contributed by atoms with van der Waals surface area (Å²) in [7, 11) is 1.65. The largest absolute Gasteiger partial charge is 0.495 e. The van der Waals surface area contributed by atoms with E-state index in [-0.39, 0.29) is 0 Å². The van der Waals surface area contributed by atoms with Gasteiger partial charge in [0.05, 0.1) is 11.6 Å². The van der Waals surface area contributed by atoms with Gasteiger partial charge in [0.25, 0.3) is 0 Å². The van der Waals surface area contributed by atoms with E-state index >= 15 is 0 Å². The Bertz CT molecular complexity index is 540. The maximum absolute atomic E-state index is 6.00. The van der Waals surface area contributed by atoms with Gasteiger partial charge in [0.1, 0.15) is 10.1 Å². The van der Waals surface area contributed by atoms with Crippen molar-refractivity contribution in [3.8, 4) is 5.75 Å². The monoisotopic (exact) mass is 409 g/mol. The van der Waals surface area contributed by atoms with Gasteiger partial charge >= 0.3 is 0 Å². The molecule has 6 heteroatoms. The maximum atomic E-state index is 6.00. The van der Waals surface area contributed by atoms with Gasteiger partial charge in [-0.3, -0.25) is 0 Å². The van der Waals surface area contributed by atoms with Gasteiger partial charge in [-0.15, -0.1) is 11.3 Å². The number of thiophene rings is 1. The summed E-state index contributed by atoms with van der Waals surface area (Å²) in [6, 6.07) is 7.93. The first-order valence-electron chi connectivity index (χ1n) is 5.11. The zero-order chi connectivity index (χ0) is 13.1. The number of ether oxygens (including phenoxy) is 1. The van der Waals surface area contributed by atoms with Crippen LogP contribution in [0, 0.1) is 0 Å². The van der Waals surface area contributed by atoms with Crippen molar-refractivity contribution < 1.29 is 4.74 Å². The van der Waals surface area contributed by atoms with Gasteiger partial charge < -0.3 is 10.1 Å². The molecule has 1 N–H and O–H groups in total. The summed E-state index contributed by atoms with van der Waals surface area (Å²) in [6.07, 6.45) is 0. The van der Waals surface area contributed by atoms with Gasteiger partial charge in [0.15, 0.2) is 0 Å². The van der Waals surface area contributed by atoms with E-state index in [0.29, 0.717) is 0 Å². The molecule has 0 radical (unpaired) electrons. The molecule has 0 aliphatic rings. The molecule has 0 unspecified atom stereocenters. The average molecular weight is 412 g/mol. The Morgan fingerprint density at radius 2 is 2.06 bits per heavy atom. The molecule has 1 heterocycles. The molecule has 0 spiro atoms. The van der Waals surface area contributed by atoms with Crippen LogP contribution in [-0.4, -0.2) is 7.11 Å². The van der Waals surface area contributed by atoms with Crippen LogP contribution in [0.1, 0.15) is 4.88 Å². The molecule has 0 saturated carbocycles. The lowest BCUT2D eigenvalue weighted by Gasteiger charge is -2.08. The molecule has 0 amide bonds. The number of benzene rings is 1. The van der Waals surface area contributed by atoms with Crippen molar-refractivity contribution >= 4 is 60.5 Å². The molecule has 18 heavy (non-hydrogen) atoms. The first-order valence-corrected chi connectivity index (χ1v) is 7.89. The minimum atomic E-state index is 0.737. The molecule has 0 aliphatic heterocycles. The fourth-order valence-electron chi connectivity index (χ4n) is 1.44. The summed E-state index contributed by atoms with van der Waals surface area (Å²) in [5.41, 5.74) is 1.01. The summed E-state index contributed by atoms with van der Waals surface area (Å²) >= 11 is 14.4. The van der Waals surface area contributed by atoms with E-state index in [0.717, 1.165) is 31.3 Å². The van der Waals surface area contributed by atoms with Crippen molar-refractivity contribution in [2.24, 2.45) is 0 Å². The van der Waals surface area contributed by atoms with Gasteiger partial charge in [-0.1, -0.05) is 11.6 Å². The molecule has 0 fully saturated rings. The van der Waals surface area contributed by atoms with Crippen molar-refractivity contribution in [1.82, 2.24) is 0 Å². The maximum Gasteiger partial charge on any atom is 0.135 e. The van der Waals surface area contributed by atoms with Crippen molar-refractivity contribution in [2.45, 2.75) is 6.54 Å². The molecule has 0 bridgehead atoms. The zero-order valence-electron chi connectivity index (χ0n) is 9.47. The Hall–Kier alpha value is -0.230. The third kappa shape index (κ3) is 3.41. The molecule has 2 nitrogen and oxygen atoms in total. The minimum Gasteiger partial charge on any atom is -0.495 e. The summed E-state index contributed by atoms with van der Waals surface area (Å²) in [6.45, 7) is 0.737. The molecular formula is C12H10Br2ClNOS. The smallest absolute Gasteiger partial charge is 0.135 e. The number of rotatable bonds is 4. The van der Waals surface area contributed by atoms with Crippen LogP contribution >= 0.6 is 54.8 Å². The van der Waals surface area contributed by atoms with Crippen molar-refractivity contribution in [3.05, 3.63) is 42.4 Å². The Morgan fingerprint density at radius 3 is 2.67 bits per heavy atom. The molecule has 0 saturated heterocycles. The highest BCUT2D eigenvalue weighted by Crippen LogP contribution is 2.33. The van der Waals surface area contributed by atoms with Crippen LogP contribution in [0.25, 0.3) is 0 Å². The highest BCUT2D eigenvalue weighted by atomic mass is 79.9. The van der Waals surface area contributed by atoms with E-state index < -0.39 is 0 Å². The van der Waals surface area contributed by atoms with E-state index in [4.69, 9.17) is 16.3 Å². The second-order valence-corrected chi connectivity index (χ2v) is 6.98. The standard InChI is InChI=1S/C12H10Br2ClNOS/c1-17-11-4-7(2-3-9(11)13)16-6-8-5-10(14)12(15)18-8/h2-5,16H,6H2,1H3. The summed E-state index contributed by atoms with van der Waals surface area (Å²) in [4.78, 5) is 1.17. The number of anilines is 1. The molecular weight excluding hydrogens is 401 g/mol. The van der Waals surface area contributed by atoms with Gasteiger partial charge in [0, 0.05) is 27.6 Å². The Balaban J connectivity index is 2.06. The number of hydrogen-bond donors (Lipinski definition) is 1. The summed E-state index contributed by atoms with van der Waals surface area (Å²) in [5.74, 6) is 0.811. The molecule has 0 atom stereocenters. The molecule has 96 valence electrons. The minimum absolute atomic E-state index is 0.737. The van der Waals surface area contributed by atoms with Crippen molar-refractivity contribution in [2.75, 3.05) is 12.4 Å². The quantitative estimate of drug-likeness (QED) is 0.712. The van der Waals surface area contributed by atoms with Crippen LogP contribution in [0.2, 0.25) is 4.34 Å². The molecule has 2 aromatic rings. The van der Waals surface area contributed by atoms with Gasteiger partial charge in [-0.25, -0.2) is 0 Å². The second kappa shape index (κ2) is 6.28. The Morgan fingerprint density at radius 1 is 1.28 bits per heavy atom. The molecule has 1 aromatic carbocycles. The van der Waals surface area contributed by atoms with Gasteiger partial charge in [0.2, 0.25) is 0 Å². The van der Waals surface area contributed by atoms with Crippen LogP contribution in [0.15, 0.2) is 33.2 Å². The molecule has 1 aromatic heterocycles. The third-order valence-corrected chi connectivity index (χ3v) is 5.44. The van der Waals surface area contributed by atoms with Crippen molar-refractivity contribution in [1.29, 1.82) is 0 Å². The highest BCUT2D eigenvalue weighted by molar-refractivity contribution is 9.11. The van der Waals surface area contributed by atoms with Crippen LogP contribution in [0.5, 0.6) is 5.75 Å². The van der Waals surface area contributed by atoms with E-state index in [1.54, 1.807) is 18.4 Å². The third-order valence-electron chi connectivity index (χ3n) is 2.31. The number of nitrogens with one attached hydrogen (secondary N) is 1. The first-order chi connectivity index (χ1) is 8.60. The number of hydrogen-bond acceptors (Lipinski definition) is 3. The van der Waals surface area contributed by atoms with E-state index in [1.165, 1.54) is 4.88 Å². The Kier molecular flexibility index (Phi) is 4.95. The van der Waals surface area contributed by atoms with E-state index in [1.807, 2.05) is 24.3 Å². The normalized spacial score (nSPS) is 10.4.